The summed E-state index contributed by atoms with van der Waals surface area (Å²) >= 11 is 7.22. The second-order valence-electron chi connectivity index (χ2n) is 4.91. The summed E-state index contributed by atoms with van der Waals surface area (Å²) in [6, 6.07) is 10.3. The molecule has 2 atom stereocenters. The van der Waals surface area contributed by atoms with Crippen LogP contribution in [0.2, 0.25) is 0 Å². The van der Waals surface area contributed by atoms with Crippen molar-refractivity contribution >= 4 is 28.7 Å². The number of aromatic nitrogens is 1. The monoisotopic (exact) mass is 319 g/mol. The van der Waals surface area contributed by atoms with Crippen LogP contribution in [-0.2, 0) is 0 Å². The molecule has 0 bridgehead atoms. The number of aliphatic hydroxyl groups excluding tert-OH is 1. The molecule has 2 N–H and O–H groups in total. The minimum absolute atomic E-state index is 0.0519. The molecule has 0 spiro atoms. The Hall–Kier alpha value is -1.50. The predicted molar refractivity (Wildman–Crippen MR) is 88.2 cm³/mol. The second-order valence-corrected chi connectivity index (χ2v) is 6.28. The number of aliphatic hydroxyl groups is 1. The summed E-state index contributed by atoms with van der Waals surface area (Å²) in [6.45, 7) is 0.915. The van der Waals surface area contributed by atoms with Crippen molar-refractivity contribution in [2.24, 2.45) is 0 Å². The minimum atomic E-state index is 0.0519. The van der Waals surface area contributed by atoms with Gasteiger partial charge in [0.25, 0.3) is 0 Å². The molecule has 3 heterocycles. The van der Waals surface area contributed by atoms with Gasteiger partial charge in [0.05, 0.1) is 17.8 Å². The van der Waals surface area contributed by atoms with Crippen molar-refractivity contribution in [2.45, 2.75) is 18.5 Å². The number of nitrogens with zero attached hydrogens (tertiary/aromatic N) is 2. The van der Waals surface area contributed by atoms with Crippen LogP contribution < -0.4 is 5.32 Å². The SMILES string of the molecule is OCCCN1C(=S)N[C@@H](c2ccccn2)[C@H]1c1cccs1. The highest BCUT2D eigenvalue weighted by Crippen LogP contribution is 2.40. The predicted octanol–water partition coefficient (Wildman–Crippen LogP) is 2.50. The molecule has 0 aliphatic carbocycles. The summed E-state index contributed by atoms with van der Waals surface area (Å²) < 4.78 is 0. The van der Waals surface area contributed by atoms with E-state index < -0.39 is 0 Å². The highest BCUT2D eigenvalue weighted by atomic mass is 32.1. The Labute approximate surface area is 133 Å². The third-order valence-electron chi connectivity index (χ3n) is 3.59. The molecule has 2 aromatic heterocycles. The number of nitrogens with one attached hydrogen (secondary N) is 1. The maximum atomic E-state index is 9.11. The zero-order valence-corrected chi connectivity index (χ0v) is 13.1. The molecule has 0 amide bonds. The number of thiocarbonyl (C=S) groups is 1. The molecular formula is C15H17N3OS2. The summed E-state index contributed by atoms with van der Waals surface area (Å²) in [5.74, 6) is 0. The van der Waals surface area contributed by atoms with Crippen LogP contribution >= 0.6 is 23.6 Å². The summed E-state index contributed by atoms with van der Waals surface area (Å²) in [6.07, 6.45) is 2.51. The van der Waals surface area contributed by atoms with Crippen LogP contribution in [0.4, 0.5) is 0 Å². The normalized spacial score (nSPS) is 21.6. The average molecular weight is 319 g/mol. The van der Waals surface area contributed by atoms with E-state index in [-0.39, 0.29) is 18.7 Å². The Morgan fingerprint density at radius 2 is 2.24 bits per heavy atom. The molecule has 6 heteroatoms. The smallest absolute Gasteiger partial charge is 0.170 e. The van der Waals surface area contributed by atoms with Crippen molar-refractivity contribution in [3.63, 3.8) is 0 Å². The van der Waals surface area contributed by atoms with Crippen LogP contribution in [0.1, 0.15) is 29.1 Å². The van der Waals surface area contributed by atoms with Gasteiger partial charge in [0.15, 0.2) is 5.11 Å². The van der Waals surface area contributed by atoms with Crippen molar-refractivity contribution < 1.29 is 5.11 Å². The summed E-state index contributed by atoms with van der Waals surface area (Å²) in [5, 5.41) is 15.3. The third kappa shape index (κ3) is 2.92. The van der Waals surface area contributed by atoms with E-state index >= 15 is 0 Å². The molecule has 1 aliphatic rings. The number of hydrogen-bond donors (Lipinski definition) is 2. The standard InChI is InChI=1S/C15H17N3OS2/c19-9-4-8-18-14(12-6-3-10-21-12)13(17-15(18)20)11-5-1-2-7-16-11/h1-3,5-7,10,13-14,19H,4,8-9H2,(H,17,20)/t13-,14+/m0/s1. The largest absolute Gasteiger partial charge is 0.396 e. The Morgan fingerprint density at radius 3 is 2.90 bits per heavy atom. The van der Waals surface area contributed by atoms with Gasteiger partial charge in [-0.25, -0.2) is 0 Å². The zero-order chi connectivity index (χ0) is 14.7. The van der Waals surface area contributed by atoms with Crippen LogP contribution in [0.5, 0.6) is 0 Å². The van der Waals surface area contributed by atoms with Crippen LogP contribution in [0.25, 0.3) is 0 Å². The van der Waals surface area contributed by atoms with Gasteiger partial charge >= 0.3 is 0 Å². The molecule has 110 valence electrons. The van der Waals surface area contributed by atoms with E-state index in [4.69, 9.17) is 17.3 Å². The van der Waals surface area contributed by atoms with Gasteiger partial charge in [-0.3, -0.25) is 4.98 Å². The number of hydrogen-bond acceptors (Lipinski definition) is 4. The molecule has 0 unspecified atom stereocenters. The fourth-order valence-electron chi connectivity index (χ4n) is 2.66. The highest BCUT2D eigenvalue weighted by molar-refractivity contribution is 7.80. The van der Waals surface area contributed by atoms with Gasteiger partial charge in [-0.2, -0.15) is 0 Å². The first-order valence-electron chi connectivity index (χ1n) is 6.93. The first-order valence-corrected chi connectivity index (χ1v) is 8.22. The summed E-state index contributed by atoms with van der Waals surface area (Å²) in [4.78, 5) is 7.90. The maximum Gasteiger partial charge on any atom is 0.170 e. The van der Waals surface area contributed by atoms with Gasteiger partial charge in [0.2, 0.25) is 0 Å². The van der Waals surface area contributed by atoms with E-state index in [1.165, 1.54) is 4.88 Å². The Balaban J connectivity index is 1.94. The molecule has 1 fully saturated rings. The van der Waals surface area contributed by atoms with Gasteiger partial charge in [-0.15, -0.1) is 11.3 Å². The van der Waals surface area contributed by atoms with Crippen molar-refractivity contribution in [2.75, 3.05) is 13.2 Å². The van der Waals surface area contributed by atoms with Crippen LogP contribution in [0.15, 0.2) is 41.9 Å². The Bertz CT molecular complexity index is 588. The molecule has 1 saturated heterocycles. The van der Waals surface area contributed by atoms with Crippen LogP contribution in [-0.4, -0.2) is 33.3 Å². The molecule has 2 aromatic rings. The molecule has 3 rings (SSSR count). The maximum absolute atomic E-state index is 9.11. The lowest BCUT2D eigenvalue weighted by molar-refractivity contribution is 0.249. The van der Waals surface area contributed by atoms with Gasteiger partial charge in [0, 0.05) is 24.2 Å². The zero-order valence-electron chi connectivity index (χ0n) is 11.5. The van der Waals surface area contributed by atoms with E-state index in [1.54, 1.807) is 11.3 Å². The Morgan fingerprint density at radius 1 is 1.33 bits per heavy atom. The molecule has 0 radical (unpaired) electrons. The molecule has 0 saturated carbocycles. The van der Waals surface area contributed by atoms with Crippen LogP contribution in [0, 0.1) is 0 Å². The van der Waals surface area contributed by atoms with E-state index in [2.05, 4.69) is 32.7 Å². The Kier molecular flexibility index (Phi) is 4.48. The highest BCUT2D eigenvalue weighted by Gasteiger charge is 2.39. The van der Waals surface area contributed by atoms with Gasteiger partial charge in [-0.05, 0) is 42.2 Å². The minimum Gasteiger partial charge on any atom is -0.396 e. The fraction of sp³-hybridized carbons (Fsp3) is 0.333. The lowest BCUT2D eigenvalue weighted by Crippen LogP contribution is -2.30. The molecule has 21 heavy (non-hydrogen) atoms. The molecule has 0 aromatic carbocycles. The van der Waals surface area contributed by atoms with Gasteiger partial charge in [-0.1, -0.05) is 12.1 Å². The average Bonchev–Trinajstić information content (AvgIpc) is 3.13. The lowest BCUT2D eigenvalue weighted by Gasteiger charge is -2.26. The first-order chi connectivity index (χ1) is 10.3. The van der Waals surface area contributed by atoms with E-state index in [1.807, 2.05) is 24.4 Å². The molecular weight excluding hydrogens is 302 g/mol. The van der Waals surface area contributed by atoms with Crippen molar-refractivity contribution in [3.8, 4) is 0 Å². The van der Waals surface area contributed by atoms with E-state index in [0.29, 0.717) is 6.42 Å². The van der Waals surface area contributed by atoms with Crippen molar-refractivity contribution in [1.29, 1.82) is 0 Å². The second kappa shape index (κ2) is 6.51. The summed E-state index contributed by atoms with van der Waals surface area (Å²) in [7, 11) is 0. The number of pyridine rings is 1. The van der Waals surface area contributed by atoms with Gasteiger partial charge < -0.3 is 15.3 Å². The fourth-order valence-corrected chi connectivity index (χ4v) is 3.86. The van der Waals surface area contributed by atoms with E-state index in [0.717, 1.165) is 17.4 Å². The number of thiophene rings is 1. The quantitative estimate of drug-likeness (QED) is 0.829. The number of rotatable bonds is 5. The van der Waals surface area contributed by atoms with E-state index in [9.17, 15) is 0 Å². The summed E-state index contributed by atoms with van der Waals surface area (Å²) in [5.41, 5.74) is 0.991. The third-order valence-corrected chi connectivity index (χ3v) is 4.88. The van der Waals surface area contributed by atoms with Crippen LogP contribution in [0.3, 0.4) is 0 Å². The molecule has 1 aliphatic heterocycles. The van der Waals surface area contributed by atoms with Gasteiger partial charge in [0.1, 0.15) is 0 Å². The molecule has 4 nitrogen and oxygen atoms in total. The van der Waals surface area contributed by atoms with Crippen molar-refractivity contribution in [3.05, 3.63) is 52.5 Å². The van der Waals surface area contributed by atoms with Crippen molar-refractivity contribution in [1.82, 2.24) is 15.2 Å². The topological polar surface area (TPSA) is 48.4 Å². The first kappa shape index (κ1) is 14.4. The lowest BCUT2D eigenvalue weighted by atomic mass is 10.0.